The van der Waals surface area contributed by atoms with E-state index in [0.717, 1.165) is 17.7 Å². The van der Waals surface area contributed by atoms with Crippen molar-refractivity contribution in [3.8, 4) is 5.75 Å². The molecule has 0 saturated heterocycles. The highest BCUT2D eigenvalue weighted by atomic mass is 16.5. The number of fused-ring (bicyclic) bond motifs is 1. The van der Waals surface area contributed by atoms with E-state index in [1.165, 1.54) is 0 Å². The molecule has 0 bridgehead atoms. The summed E-state index contributed by atoms with van der Waals surface area (Å²) in [6, 6.07) is 7.73. The van der Waals surface area contributed by atoms with Gasteiger partial charge >= 0.3 is 0 Å². The summed E-state index contributed by atoms with van der Waals surface area (Å²) in [7, 11) is 1.77. The number of nitrogens with one attached hydrogen (secondary N) is 1. The monoisotopic (exact) mass is 287 g/mol. The first-order valence-electron chi connectivity index (χ1n) is 7.01. The summed E-state index contributed by atoms with van der Waals surface area (Å²) in [6.07, 6.45) is 1.45. The lowest BCUT2D eigenvalue weighted by Gasteiger charge is -2.33. The molecule has 2 amide bonds. The average Bonchev–Trinajstić information content (AvgIpc) is 2.53. The largest absolute Gasteiger partial charge is 0.493 e. The third kappa shape index (κ3) is 2.61. The summed E-state index contributed by atoms with van der Waals surface area (Å²) in [5, 5.41) is 3.88. The van der Waals surface area contributed by atoms with E-state index in [1.54, 1.807) is 11.9 Å². The van der Waals surface area contributed by atoms with Gasteiger partial charge in [-0.05, 0) is 6.07 Å². The Labute approximate surface area is 122 Å². The first-order valence-corrected chi connectivity index (χ1v) is 7.01. The van der Waals surface area contributed by atoms with Crippen molar-refractivity contribution in [2.24, 2.45) is 5.10 Å². The molecule has 110 valence electrons. The second-order valence-corrected chi connectivity index (χ2v) is 5.20. The molecule has 2 aliphatic heterocycles. The number of rotatable bonds is 2. The number of carbonyl (C=O) groups excluding carboxylic acids is 2. The highest BCUT2D eigenvalue weighted by molar-refractivity contribution is 6.39. The summed E-state index contributed by atoms with van der Waals surface area (Å²) < 4.78 is 5.62. The molecule has 6 nitrogen and oxygen atoms in total. The SMILES string of the molecule is CN(C(=O)C1=NNC(=O)CC1)C1CCOc2ccccc21. The molecule has 0 aliphatic carbocycles. The summed E-state index contributed by atoms with van der Waals surface area (Å²) in [6.45, 7) is 0.586. The predicted molar refractivity (Wildman–Crippen MR) is 76.9 cm³/mol. The van der Waals surface area contributed by atoms with Crippen molar-refractivity contribution in [1.29, 1.82) is 0 Å². The van der Waals surface area contributed by atoms with Crippen LogP contribution in [0.25, 0.3) is 0 Å². The van der Waals surface area contributed by atoms with E-state index in [-0.39, 0.29) is 17.9 Å². The number of amides is 2. The number of carbonyl (C=O) groups is 2. The quantitative estimate of drug-likeness (QED) is 0.889. The van der Waals surface area contributed by atoms with E-state index >= 15 is 0 Å². The van der Waals surface area contributed by atoms with Crippen molar-refractivity contribution >= 4 is 17.5 Å². The first kappa shape index (κ1) is 13.6. The zero-order valence-corrected chi connectivity index (χ0v) is 11.8. The fourth-order valence-electron chi connectivity index (χ4n) is 2.70. The number of hydrazone groups is 1. The molecule has 1 N–H and O–H groups in total. The van der Waals surface area contributed by atoms with Crippen LogP contribution in [0.5, 0.6) is 5.75 Å². The van der Waals surface area contributed by atoms with Gasteiger partial charge in [0.15, 0.2) is 0 Å². The van der Waals surface area contributed by atoms with Crippen LogP contribution in [0.3, 0.4) is 0 Å². The van der Waals surface area contributed by atoms with Gasteiger partial charge in [0.25, 0.3) is 5.91 Å². The number of hydrogen-bond acceptors (Lipinski definition) is 4. The van der Waals surface area contributed by atoms with E-state index in [9.17, 15) is 9.59 Å². The molecule has 2 heterocycles. The van der Waals surface area contributed by atoms with Crippen LogP contribution in [0.2, 0.25) is 0 Å². The summed E-state index contributed by atoms with van der Waals surface area (Å²) in [5.74, 6) is 0.537. The maximum Gasteiger partial charge on any atom is 0.270 e. The second-order valence-electron chi connectivity index (χ2n) is 5.20. The zero-order valence-electron chi connectivity index (χ0n) is 11.8. The van der Waals surface area contributed by atoms with Gasteiger partial charge in [-0.25, -0.2) is 5.43 Å². The van der Waals surface area contributed by atoms with Gasteiger partial charge in [-0.1, -0.05) is 18.2 Å². The molecular formula is C15H17N3O3. The van der Waals surface area contributed by atoms with Crippen LogP contribution < -0.4 is 10.2 Å². The average molecular weight is 287 g/mol. The molecule has 0 radical (unpaired) electrons. The molecule has 1 aromatic carbocycles. The molecule has 0 aromatic heterocycles. The molecule has 3 rings (SSSR count). The van der Waals surface area contributed by atoms with Gasteiger partial charge in [-0.15, -0.1) is 0 Å². The fourth-order valence-corrected chi connectivity index (χ4v) is 2.70. The molecular weight excluding hydrogens is 270 g/mol. The zero-order chi connectivity index (χ0) is 14.8. The van der Waals surface area contributed by atoms with E-state index < -0.39 is 0 Å². The summed E-state index contributed by atoms with van der Waals surface area (Å²) in [4.78, 5) is 25.3. The Kier molecular flexibility index (Phi) is 3.60. The topological polar surface area (TPSA) is 71.0 Å². The Bertz CT molecular complexity index is 612. The molecule has 0 fully saturated rings. The minimum Gasteiger partial charge on any atom is -0.493 e. The van der Waals surface area contributed by atoms with Gasteiger partial charge in [0.05, 0.1) is 12.6 Å². The van der Waals surface area contributed by atoms with E-state index in [1.807, 2.05) is 24.3 Å². The summed E-state index contributed by atoms with van der Waals surface area (Å²) >= 11 is 0. The smallest absolute Gasteiger partial charge is 0.270 e. The predicted octanol–water partition coefficient (Wildman–Crippen LogP) is 1.23. The van der Waals surface area contributed by atoms with Crippen LogP contribution in [0.4, 0.5) is 0 Å². The van der Waals surface area contributed by atoms with Crippen LogP contribution in [0, 0.1) is 0 Å². The van der Waals surface area contributed by atoms with E-state index in [0.29, 0.717) is 25.2 Å². The third-order valence-electron chi connectivity index (χ3n) is 3.87. The molecule has 21 heavy (non-hydrogen) atoms. The van der Waals surface area contributed by atoms with Gasteiger partial charge in [-0.2, -0.15) is 5.10 Å². The molecule has 1 unspecified atom stereocenters. The fraction of sp³-hybridized carbons (Fsp3) is 0.400. The van der Waals surface area contributed by atoms with Gasteiger partial charge in [0.1, 0.15) is 11.5 Å². The van der Waals surface area contributed by atoms with Crippen LogP contribution >= 0.6 is 0 Å². The van der Waals surface area contributed by atoms with Gasteiger partial charge < -0.3 is 9.64 Å². The minimum atomic E-state index is -0.148. The molecule has 1 aromatic rings. The van der Waals surface area contributed by atoms with Gasteiger partial charge in [-0.3, -0.25) is 9.59 Å². The highest BCUT2D eigenvalue weighted by Gasteiger charge is 2.30. The number of ether oxygens (including phenoxy) is 1. The Morgan fingerprint density at radius 2 is 2.19 bits per heavy atom. The number of para-hydroxylation sites is 1. The molecule has 0 saturated carbocycles. The van der Waals surface area contributed by atoms with Gasteiger partial charge in [0.2, 0.25) is 5.91 Å². The highest BCUT2D eigenvalue weighted by Crippen LogP contribution is 2.35. The van der Waals surface area contributed by atoms with Crippen molar-refractivity contribution in [1.82, 2.24) is 10.3 Å². The van der Waals surface area contributed by atoms with E-state index in [2.05, 4.69) is 10.5 Å². The van der Waals surface area contributed by atoms with Crippen LogP contribution in [0.1, 0.15) is 30.9 Å². The standard InChI is InChI=1S/C15H17N3O3/c1-18(15(20)11-6-7-14(19)17-16-11)12-8-9-21-13-5-3-2-4-10(12)13/h2-5,12H,6-9H2,1H3,(H,17,19). The number of benzene rings is 1. The molecule has 2 aliphatic rings. The van der Waals surface area contributed by atoms with E-state index in [4.69, 9.17) is 4.74 Å². The van der Waals surface area contributed by atoms with Crippen LogP contribution in [-0.4, -0.2) is 36.1 Å². The van der Waals surface area contributed by atoms with Crippen molar-refractivity contribution < 1.29 is 14.3 Å². The minimum absolute atomic E-state index is 0.0252. The van der Waals surface area contributed by atoms with Crippen LogP contribution in [-0.2, 0) is 9.59 Å². The third-order valence-corrected chi connectivity index (χ3v) is 3.87. The maximum atomic E-state index is 12.5. The van der Waals surface area contributed by atoms with Gasteiger partial charge in [0, 0.05) is 31.9 Å². The first-order chi connectivity index (χ1) is 10.2. The lowest BCUT2D eigenvalue weighted by Crippen LogP contribution is -2.41. The Balaban J connectivity index is 1.81. The van der Waals surface area contributed by atoms with Crippen LogP contribution in [0.15, 0.2) is 29.4 Å². The maximum absolute atomic E-state index is 12.5. The number of hydrogen-bond donors (Lipinski definition) is 1. The summed E-state index contributed by atoms with van der Waals surface area (Å²) in [5.41, 5.74) is 3.78. The van der Waals surface area contributed by atoms with Crippen molar-refractivity contribution in [3.05, 3.63) is 29.8 Å². The normalized spacial score (nSPS) is 20.7. The molecule has 6 heteroatoms. The molecule has 1 atom stereocenters. The van der Waals surface area contributed by atoms with Crippen molar-refractivity contribution in [3.63, 3.8) is 0 Å². The lowest BCUT2D eigenvalue weighted by atomic mass is 9.98. The molecule has 0 spiro atoms. The van der Waals surface area contributed by atoms with Crippen molar-refractivity contribution in [2.75, 3.05) is 13.7 Å². The lowest BCUT2D eigenvalue weighted by molar-refractivity contribution is -0.125. The Morgan fingerprint density at radius 3 is 2.95 bits per heavy atom. The van der Waals surface area contributed by atoms with Crippen molar-refractivity contribution in [2.45, 2.75) is 25.3 Å². The number of nitrogens with zero attached hydrogens (tertiary/aromatic N) is 2. The second kappa shape index (κ2) is 5.55. The Morgan fingerprint density at radius 1 is 1.38 bits per heavy atom. The Hall–Kier alpha value is -2.37.